The van der Waals surface area contributed by atoms with Gasteiger partial charge in [-0.05, 0) is 17.7 Å². The number of morpholine rings is 1. The van der Waals surface area contributed by atoms with Gasteiger partial charge in [-0.3, -0.25) is 4.79 Å². The highest BCUT2D eigenvalue weighted by molar-refractivity contribution is 7.89. The second-order valence-corrected chi connectivity index (χ2v) is 8.01. The van der Waals surface area contributed by atoms with Gasteiger partial charge in [0.05, 0.1) is 24.7 Å². The van der Waals surface area contributed by atoms with Gasteiger partial charge in [0.2, 0.25) is 15.9 Å². The lowest BCUT2D eigenvalue weighted by atomic mass is 10.1. The highest BCUT2D eigenvalue weighted by Gasteiger charge is 2.26. The predicted octanol–water partition coefficient (Wildman–Crippen LogP) is 2.22. The quantitative estimate of drug-likeness (QED) is 0.843. The van der Waals surface area contributed by atoms with Crippen LogP contribution in [-0.4, -0.2) is 45.5 Å². The van der Waals surface area contributed by atoms with E-state index in [1.165, 1.54) is 12.1 Å². The zero-order valence-corrected chi connectivity index (χ0v) is 15.5. The Bertz CT molecular complexity index is 874. The van der Waals surface area contributed by atoms with E-state index in [9.17, 15) is 13.2 Å². The van der Waals surface area contributed by atoms with E-state index in [2.05, 4.69) is 4.72 Å². The third-order valence-electron chi connectivity index (χ3n) is 4.13. The molecule has 6 nitrogen and oxygen atoms in total. The van der Waals surface area contributed by atoms with Crippen molar-refractivity contribution in [1.82, 2.24) is 9.62 Å². The summed E-state index contributed by atoms with van der Waals surface area (Å²) < 4.78 is 32.7. The van der Waals surface area contributed by atoms with Gasteiger partial charge in [0, 0.05) is 6.54 Å². The Hall–Kier alpha value is -1.93. The smallest absolute Gasteiger partial charge is 0.242 e. The fourth-order valence-corrected chi connectivity index (χ4v) is 4.25. The number of ether oxygens (including phenoxy) is 1. The maximum Gasteiger partial charge on any atom is 0.242 e. The summed E-state index contributed by atoms with van der Waals surface area (Å²) >= 11 is 5.93. The zero-order chi connectivity index (χ0) is 18.6. The van der Waals surface area contributed by atoms with Crippen molar-refractivity contribution < 1.29 is 17.9 Å². The Morgan fingerprint density at radius 2 is 1.85 bits per heavy atom. The normalized spacial score (nSPS) is 17.9. The Balaban J connectivity index is 1.62. The second kappa shape index (κ2) is 8.18. The van der Waals surface area contributed by atoms with Crippen molar-refractivity contribution in [2.75, 3.05) is 26.2 Å². The van der Waals surface area contributed by atoms with Gasteiger partial charge >= 0.3 is 0 Å². The number of nitrogens with zero attached hydrogens (tertiary/aromatic N) is 1. The average Bonchev–Trinajstić information content (AvgIpc) is 2.67. The number of nitrogens with one attached hydrogen (secondary N) is 1. The van der Waals surface area contributed by atoms with E-state index in [4.69, 9.17) is 16.3 Å². The minimum Gasteiger partial charge on any atom is -0.370 e. The first-order valence-corrected chi connectivity index (χ1v) is 10.0. The molecule has 1 aliphatic heterocycles. The number of halogens is 1. The summed E-state index contributed by atoms with van der Waals surface area (Å²) in [5, 5.41) is 0.114. The first kappa shape index (κ1) is 18.8. The summed E-state index contributed by atoms with van der Waals surface area (Å²) in [6.45, 7) is 0.893. The Kier molecular flexibility index (Phi) is 5.93. The monoisotopic (exact) mass is 394 g/mol. The molecule has 1 amide bonds. The van der Waals surface area contributed by atoms with E-state index in [1.807, 2.05) is 30.3 Å². The number of amides is 1. The highest BCUT2D eigenvalue weighted by Crippen LogP contribution is 2.22. The van der Waals surface area contributed by atoms with Gasteiger partial charge in [-0.15, -0.1) is 0 Å². The van der Waals surface area contributed by atoms with Crippen LogP contribution in [0.5, 0.6) is 0 Å². The summed E-state index contributed by atoms with van der Waals surface area (Å²) in [7, 11) is -3.85. The minimum atomic E-state index is -3.85. The van der Waals surface area contributed by atoms with Crippen LogP contribution < -0.4 is 4.72 Å². The molecule has 0 aromatic heterocycles. The van der Waals surface area contributed by atoms with Crippen LogP contribution in [0.1, 0.15) is 11.7 Å². The van der Waals surface area contributed by atoms with Crippen LogP contribution in [0.4, 0.5) is 0 Å². The molecule has 1 atom stereocenters. The van der Waals surface area contributed by atoms with Crippen LogP contribution in [0, 0.1) is 0 Å². The number of hydrogen-bond acceptors (Lipinski definition) is 4. The van der Waals surface area contributed by atoms with E-state index in [1.54, 1.807) is 17.0 Å². The number of carbonyl (C=O) groups is 1. The fourth-order valence-electron chi connectivity index (χ4n) is 2.75. The first-order valence-electron chi connectivity index (χ1n) is 8.16. The number of carbonyl (C=O) groups excluding carboxylic acids is 1. The van der Waals surface area contributed by atoms with Gasteiger partial charge in [0.15, 0.2) is 0 Å². The SMILES string of the molecule is O=C(CNS(=O)(=O)c1ccccc1Cl)N1CCO[C@@H](c2ccccc2)C1. The van der Waals surface area contributed by atoms with Crippen LogP contribution in [-0.2, 0) is 19.6 Å². The maximum atomic E-state index is 12.4. The molecular weight excluding hydrogens is 376 g/mol. The second-order valence-electron chi connectivity index (χ2n) is 5.86. The van der Waals surface area contributed by atoms with Gasteiger partial charge in [-0.2, -0.15) is 0 Å². The van der Waals surface area contributed by atoms with Gasteiger partial charge < -0.3 is 9.64 Å². The van der Waals surface area contributed by atoms with Crippen molar-refractivity contribution in [3.05, 3.63) is 65.2 Å². The maximum absolute atomic E-state index is 12.4. The van der Waals surface area contributed by atoms with Gasteiger partial charge in [0.25, 0.3) is 0 Å². The summed E-state index contributed by atoms with van der Waals surface area (Å²) in [4.78, 5) is 14.0. The molecule has 1 N–H and O–H groups in total. The van der Waals surface area contributed by atoms with Crippen molar-refractivity contribution in [2.45, 2.75) is 11.0 Å². The molecule has 138 valence electrons. The molecule has 0 bridgehead atoms. The Labute approximate surface area is 157 Å². The topological polar surface area (TPSA) is 75.7 Å². The van der Waals surface area contributed by atoms with Gasteiger partial charge in [-0.1, -0.05) is 54.1 Å². The standard InChI is InChI=1S/C18H19ClN2O4S/c19-15-8-4-5-9-17(15)26(23,24)20-12-18(22)21-10-11-25-16(13-21)14-6-2-1-3-7-14/h1-9,16,20H,10-13H2/t16-/m1/s1. The lowest BCUT2D eigenvalue weighted by Gasteiger charge is -2.33. The molecule has 1 heterocycles. The van der Waals surface area contributed by atoms with E-state index in [-0.39, 0.29) is 28.5 Å². The van der Waals surface area contributed by atoms with E-state index < -0.39 is 10.0 Å². The van der Waals surface area contributed by atoms with Crippen LogP contribution in [0.15, 0.2) is 59.5 Å². The third kappa shape index (κ3) is 4.42. The third-order valence-corrected chi connectivity index (χ3v) is 6.03. The molecule has 3 rings (SSSR count). The minimum absolute atomic E-state index is 0.0430. The van der Waals surface area contributed by atoms with Crippen molar-refractivity contribution >= 4 is 27.5 Å². The lowest BCUT2D eigenvalue weighted by Crippen LogP contribution is -2.46. The van der Waals surface area contributed by atoms with E-state index >= 15 is 0 Å². The van der Waals surface area contributed by atoms with Crippen LogP contribution >= 0.6 is 11.6 Å². The zero-order valence-electron chi connectivity index (χ0n) is 14.0. The molecule has 1 aliphatic rings. The summed E-state index contributed by atoms with van der Waals surface area (Å²) in [6, 6.07) is 15.7. The van der Waals surface area contributed by atoms with Crippen LogP contribution in [0.2, 0.25) is 5.02 Å². The van der Waals surface area contributed by atoms with Crippen LogP contribution in [0.25, 0.3) is 0 Å². The average molecular weight is 395 g/mol. The highest BCUT2D eigenvalue weighted by atomic mass is 35.5. The molecule has 0 saturated carbocycles. The van der Waals surface area contributed by atoms with Gasteiger partial charge in [-0.25, -0.2) is 13.1 Å². The first-order chi connectivity index (χ1) is 12.5. The molecular formula is C18H19ClN2O4S. The lowest BCUT2D eigenvalue weighted by molar-refractivity contribution is -0.137. The molecule has 0 unspecified atom stereocenters. The Morgan fingerprint density at radius 3 is 2.58 bits per heavy atom. The molecule has 0 spiro atoms. The van der Waals surface area contributed by atoms with Crippen molar-refractivity contribution in [3.63, 3.8) is 0 Å². The van der Waals surface area contributed by atoms with E-state index in [0.29, 0.717) is 19.7 Å². The Morgan fingerprint density at radius 1 is 1.15 bits per heavy atom. The molecule has 2 aromatic carbocycles. The molecule has 1 fully saturated rings. The van der Waals surface area contributed by atoms with Crippen molar-refractivity contribution in [3.8, 4) is 0 Å². The number of sulfonamides is 1. The van der Waals surface area contributed by atoms with Crippen molar-refractivity contribution in [1.29, 1.82) is 0 Å². The summed E-state index contributed by atoms with van der Waals surface area (Å²) in [5.74, 6) is -0.301. The number of benzene rings is 2. The predicted molar refractivity (Wildman–Crippen MR) is 98.4 cm³/mol. The summed E-state index contributed by atoms with van der Waals surface area (Å²) in [5.41, 5.74) is 0.988. The van der Waals surface area contributed by atoms with Crippen molar-refractivity contribution in [2.24, 2.45) is 0 Å². The molecule has 0 aliphatic carbocycles. The molecule has 2 aromatic rings. The van der Waals surface area contributed by atoms with Gasteiger partial charge in [0.1, 0.15) is 11.0 Å². The molecule has 1 saturated heterocycles. The number of rotatable bonds is 5. The van der Waals surface area contributed by atoms with Crippen LogP contribution in [0.3, 0.4) is 0 Å². The summed E-state index contributed by atoms with van der Waals surface area (Å²) in [6.07, 6.45) is -0.214. The molecule has 26 heavy (non-hydrogen) atoms. The fraction of sp³-hybridized carbons (Fsp3) is 0.278. The van der Waals surface area contributed by atoms with E-state index in [0.717, 1.165) is 5.56 Å². The molecule has 0 radical (unpaired) electrons. The molecule has 8 heteroatoms. The number of hydrogen-bond donors (Lipinski definition) is 1. The largest absolute Gasteiger partial charge is 0.370 e.